The molecule has 0 saturated carbocycles. The van der Waals surface area contributed by atoms with Crippen molar-refractivity contribution in [1.82, 2.24) is 0 Å². The first-order chi connectivity index (χ1) is 6.43. The average Bonchev–Trinajstić information content (AvgIpc) is 2.01. The molecular weight excluding hydrogens is 521 g/mol. The van der Waals surface area contributed by atoms with E-state index in [0.717, 1.165) is 16.3 Å². The third-order valence-corrected chi connectivity index (χ3v) is 3.89. The minimum Gasteiger partial charge on any atom is -0.478 e. The van der Waals surface area contributed by atoms with Crippen molar-refractivity contribution in [2.45, 2.75) is 0 Å². The van der Waals surface area contributed by atoms with Gasteiger partial charge in [0.1, 0.15) is 0 Å². The lowest BCUT2D eigenvalue weighted by molar-refractivity contribution is -0.130. The normalized spacial score (nSPS) is 9.93. The minimum absolute atomic E-state index is 0.148. The van der Waals surface area contributed by atoms with Crippen LogP contribution in [0.3, 0.4) is 0 Å². The fourth-order valence-corrected chi connectivity index (χ4v) is 5.17. The van der Waals surface area contributed by atoms with E-state index >= 15 is 0 Å². The van der Waals surface area contributed by atoms with Gasteiger partial charge in [0, 0.05) is 16.3 Å². The number of hydrogen-bond donors (Lipinski definition) is 1. The number of carboxylic acids is 1. The Hall–Kier alpha value is 0.620. The van der Waals surface area contributed by atoms with E-state index in [1.807, 2.05) is 12.1 Å². The fraction of sp³-hybridized carbons (Fsp3) is 0. The number of carbonyl (C=O) groups is 1. The summed E-state index contributed by atoms with van der Waals surface area (Å²) in [4.78, 5) is 10.8. The Balaban J connectivity index is 3.35. The van der Waals surface area contributed by atoms with Gasteiger partial charge in [-0.3, -0.25) is 0 Å². The number of carboxylic acid groups (broad SMARTS) is 1. The van der Waals surface area contributed by atoms with Crippen molar-refractivity contribution in [2.75, 3.05) is 0 Å². The predicted octanol–water partition coefficient (Wildman–Crippen LogP) is 3.60. The molecule has 0 aliphatic rings. The largest absolute Gasteiger partial charge is 0.478 e. The van der Waals surface area contributed by atoms with Gasteiger partial charge >= 0.3 is 5.97 Å². The van der Waals surface area contributed by atoms with E-state index in [1.54, 1.807) is 0 Å². The zero-order chi connectivity index (χ0) is 10.9. The molecule has 0 saturated heterocycles. The standard InChI is InChI=1S/C9H5I3O2/c1-4(9(13)14)8-6(11)2-5(10)3-7(8)12/h2-3H,1H2,(H,13,14). The SMILES string of the molecule is C=C(C(=O)O)c1c(I)cc(I)cc1I. The molecule has 0 unspecified atom stereocenters. The summed E-state index contributed by atoms with van der Waals surface area (Å²) in [5.74, 6) is -0.970. The maximum absolute atomic E-state index is 10.8. The van der Waals surface area contributed by atoms with Gasteiger partial charge in [0.2, 0.25) is 0 Å². The van der Waals surface area contributed by atoms with E-state index < -0.39 is 5.97 Å². The molecule has 2 nitrogen and oxygen atoms in total. The molecule has 1 rings (SSSR count). The van der Waals surface area contributed by atoms with Crippen molar-refractivity contribution in [1.29, 1.82) is 0 Å². The van der Waals surface area contributed by atoms with Crippen LogP contribution in [-0.2, 0) is 4.79 Å². The third kappa shape index (κ3) is 2.81. The predicted molar refractivity (Wildman–Crippen MR) is 81.3 cm³/mol. The van der Waals surface area contributed by atoms with Gasteiger partial charge in [0.15, 0.2) is 0 Å². The van der Waals surface area contributed by atoms with Crippen LogP contribution < -0.4 is 0 Å². The van der Waals surface area contributed by atoms with Crippen LogP contribution in [0.15, 0.2) is 18.7 Å². The van der Waals surface area contributed by atoms with Crippen molar-refractivity contribution in [3.8, 4) is 0 Å². The van der Waals surface area contributed by atoms with Gasteiger partial charge in [-0.15, -0.1) is 0 Å². The highest BCUT2D eigenvalue weighted by Crippen LogP contribution is 2.27. The number of hydrogen-bond acceptors (Lipinski definition) is 1. The summed E-state index contributed by atoms with van der Waals surface area (Å²) >= 11 is 6.45. The Labute approximate surface area is 123 Å². The third-order valence-electron chi connectivity index (χ3n) is 1.57. The summed E-state index contributed by atoms with van der Waals surface area (Å²) in [6.07, 6.45) is 0. The first-order valence-corrected chi connectivity index (χ1v) is 6.74. The molecule has 74 valence electrons. The highest BCUT2D eigenvalue weighted by atomic mass is 127. The lowest BCUT2D eigenvalue weighted by Gasteiger charge is -2.07. The number of aliphatic carboxylic acids is 1. The van der Waals surface area contributed by atoms with Crippen LogP contribution in [0, 0.1) is 10.7 Å². The van der Waals surface area contributed by atoms with E-state index in [1.165, 1.54) is 0 Å². The Morgan fingerprint density at radius 1 is 1.21 bits per heavy atom. The molecule has 0 atom stereocenters. The molecular formula is C9H5I3O2. The van der Waals surface area contributed by atoms with Crippen molar-refractivity contribution >= 4 is 79.3 Å². The summed E-state index contributed by atoms with van der Waals surface area (Å²) in [6, 6.07) is 3.87. The van der Waals surface area contributed by atoms with Crippen LogP contribution in [0.2, 0.25) is 0 Å². The quantitative estimate of drug-likeness (QED) is 0.473. The Bertz CT molecular complexity index is 390. The molecule has 0 aromatic heterocycles. The van der Waals surface area contributed by atoms with Crippen molar-refractivity contribution in [3.63, 3.8) is 0 Å². The molecule has 0 heterocycles. The molecule has 0 fully saturated rings. The van der Waals surface area contributed by atoms with E-state index in [4.69, 9.17) is 5.11 Å². The number of rotatable bonds is 2. The zero-order valence-corrected chi connectivity index (χ0v) is 13.3. The molecule has 0 spiro atoms. The van der Waals surface area contributed by atoms with E-state index in [-0.39, 0.29) is 5.57 Å². The molecule has 1 aromatic carbocycles. The van der Waals surface area contributed by atoms with Crippen LogP contribution >= 0.6 is 67.8 Å². The van der Waals surface area contributed by atoms with Crippen LogP contribution in [-0.4, -0.2) is 11.1 Å². The van der Waals surface area contributed by atoms with E-state index in [9.17, 15) is 4.79 Å². The van der Waals surface area contributed by atoms with Crippen LogP contribution in [0.4, 0.5) is 0 Å². The second-order valence-corrected chi connectivity index (χ2v) is 6.10. The maximum Gasteiger partial charge on any atom is 0.335 e. The molecule has 0 amide bonds. The van der Waals surface area contributed by atoms with Crippen molar-refractivity contribution < 1.29 is 9.90 Å². The number of halogens is 3. The zero-order valence-electron chi connectivity index (χ0n) is 6.85. The minimum atomic E-state index is -0.970. The van der Waals surface area contributed by atoms with Gasteiger partial charge in [-0.05, 0) is 79.9 Å². The molecule has 0 radical (unpaired) electrons. The maximum atomic E-state index is 10.8. The summed E-state index contributed by atoms with van der Waals surface area (Å²) in [5.41, 5.74) is 0.870. The lowest BCUT2D eigenvalue weighted by Crippen LogP contribution is -2.02. The Kier molecular flexibility index (Phi) is 4.62. The van der Waals surface area contributed by atoms with Crippen LogP contribution in [0.1, 0.15) is 5.56 Å². The molecule has 0 bridgehead atoms. The van der Waals surface area contributed by atoms with Gasteiger partial charge in [-0.1, -0.05) is 6.58 Å². The van der Waals surface area contributed by atoms with Crippen LogP contribution in [0.25, 0.3) is 5.57 Å². The lowest BCUT2D eigenvalue weighted by atomic mass is 10.1. The second kappa shape index (κ2) is 5.10. The smallest absolute Gasteiger partial charge is 0.335 e. The Morgan fingerprint density at radius 2 is 1.64 bits per heavy atom. The first-order valence-electron chi connectivity index (χ1n) is 3.50. The number of benzene rings is 1. The molecule has 14 heavy (non-hydrogen) atoms. The molecule has 1 aromatic rings. The summed E-state index contributed by atoms with van der Waals surface area (Å²) in [6.45, 7) is 3.56. The fourth-order valence-electron chi connectivity index (χ4n) is 0.937. The molecule has 0 aliphatic carbocycles. The monoisotopic (exact) mass is 526 g/mol. The average molecular weight is 526 g/mol. The summed E-state index contributed by atoms with van der Waals surface area (Å²) in [7, 11) is 0. The van der Waals surface area contributed by atoms with Crippen molar-refractivity contribution in [2.24, 2.45) is 0 Å². The highest BCUT2D eigenvalue weighted by molar-refractivity contribution is 14.1. The van der Waals surface area contributed by atoms with E-state index in [0.29, 0.717) is 0 Å². The topological polar surface area (TPSA) is 37.3 Å². The van der Waals surface area contributed by atoms with Gasteiger partial charge in [-0.25, -0.2) is 4.79 Å². The highest BCUT2D eigenvalue weighted by Gasteiger charge is 2.14. The first kappa shape index (κ1) is 12.7. The van der Waals surface area contributed by atoms with Crippen molar-refractivity contribution in [3.05, 3.63) is 35.0 Å². The molecule has 0 aliphatic heterocycles. The molecule has 1 N–H and O–H groups in total. The van der Waals surface area contributed by atoms with Gasteiger partial charge in [0.25, 0.3) is 0 Å². The second-order valence-electron chi connectivity index (χ2n) is 2.53. The van der Waals surface area contributed by atoms with Gasteiger partial charge in [-0.2, -0.15) is 0 Å². The van der Waals surface area contributed by atoms with E-state index in [2.05, 4.69) is 74.4 Å². The van der Waals surface area contributed by atoms with Gasteiger partial charge < -0.3 is 5.11 Å². The van der Waals surface area contributed by atoms with Crippen LogP contribution in [0.5, 0.6) is 0 Å². The van der Waals surface area contributed by atoms with Gasteiger partial charge in [0.05, 0.1) is 5.57 Å². The summed E-state index contributed by atoms with van der Waals surface area (Å²) < 4.78 is 2.94. The molecule has 5 heteroatoms. The Morgan fingerprint density at radius 3 is 2.00 bits per heavy atom. The summed E-state index contributed by atoms with van der Waals surface area (Å²) in [5, 5.41) is 8.85.